The number of phenols is 3. The Morgan fingerprint density at radius 2 is 1.92 bits per heavy atom. The Hall–Kier alpha value is -2.93. The lowest BCUT2D eigenvalue weighted by atomic mass is 9.94. The Balaban J connectivity index is 1.92. The van der Waals surface area contributed by atoms with E-state index in [2.05, 4.69) is 0 Å². The molecule has 0 aliphatic carbocycles. The van der Waals surface area contributed by atoms with Gasteiger partial charge in [-0.15, -0.1) is 0 Å². The summed E-state index contributed by atoms with van der Waals surface area (Å²) in [6, 6.07) is 6.81. The van der Waals surface area contributed by atoms with E-state index < -0.39 is 18.2 Å². The zero-order chi connectivity index (χ0) is 17.4. The van der Waals surface area contributed by atoms with E-state index >= 15 is 0 Å². The van der Waals surface area contributed by atoms with Crippen LogP contribution < -0.4 is 9.47 Å². The van der Waals surface area contributed by atoms with E-state index in [1.54, 1.807) is 6.07 Å². The van der Waals surface area contributed by atoms with Gasteiger partial charge in [-0.2, -0.15) is 0 Å². The van der Waals surface area contributed by atoms with Gasteiger partial charge in [0.25, 0.3) is 0 Å². The van der Waals surface area contributed by atoms with Crippen LogP contribution in [0.2, 0.25) is 0 Å². The molecule has 0 bridgehead atoms. The molecule has 0 amide bonds. The number of benzene rings is 2. The minimum absolute atomic E-state index is 0.00670. The van der Waals surface area contributed by atoms with Crippen molar-refractivity contribution in [3.05, 3.63) is 41.5 Å². The Morgan fingerprint density at radius 1 is 1.17 bits per heavy atom. The first-order valence-electron chi connectivity index (χ1n) is 7.26. The van der Waals surface area contributed by atoms with Gasteiger partial charge >= 0.3 is 5.97 Å². The molecule has 2 atom stereocenters. The van der Waals surface area contributed by atoms with E-state index in [4.69, 9.17) is 9.47 Å². The summed E-state index contributed by atoms with van der Waals surface area (Å²) in [7, 11) is 0. The maximum atomic E-state index is 11.0. The summed E-state index contributed by atoms with van der Waals surface area (Å²) in [5, 5.41) is 39.7. The van der Waals surface area contributed by atoms with Crippen molar-refractivity contribution in [3.63, 3.8) is 0 Å². The number of carbonyl (C=O) groups is 1. The lowest BCUT2D eigenvalue weighted by Crippen LogP contribution is -2.30. The molecule has 1 heterocycles. The number of phenolic OH excluding ortho intramolecular Hbond substituents is 3. The smallest absolute Gasteiger partial charge is 0.308 e. The number of hydrogen-bond acceptors (Lipinski definition) is 7. The number of aliphatic hydroxyl groups excluding tert-OH is 1. The Labute approximate surface area is 137 Å². The Bertz CT molecular complexity index is 800. The molecular weight excluding hydrogens is 316 g/mol. The van der Waals surface area contributed by atoms with Crippen molar-refractivity contribution in [2.75, 3.05) is 0 Å². The van der Waals surface area contributed by atoms with Crippen LogP contribution in [0.5, 0.6) is 28.7 Å². The van der Waals surface area contributed by atoms with Gasteiger partial charge < -0.3 is 29.9 Å². The first-order chi connectivity index (χ1) is 11.3. The standard InChI is InChI=1S/C17H16O7/c1-8(18)23-15-3-2-9(4-13(15)21)17-14(22)7-11-12(20)5-10(19)6-16(11)24-17/h2-6,14,17,19-22H,7H2,1H3/t14-,17+/m0/s1. The molecule has 2 aromatic rings. The highest BCUT2D eigenvalue weighted by atomic mass is 16.5. The van der Waals surface area contributed by atoms with Gasteiger partial charge in [-0.25, -0.2) is 0 Å². The summed E-state index contributed by atoms with van der Waals surface area (Å²) in [4.78, 5) is 11.0. The number of hydrogen-bond donors (Lipinski definition) is 4. The summed E-state index contributed by atoms with van der Waals surface area (Å²) >= 11 is 0. The highest BCUT2D eigenvalue weighted by molar-refractivity contribution is 5.70. The predicted octanol–water partition coefficient (Wildman–Crippen LogP) is 1.77. The fourth-order valence-electron chi connectivity index (χ4n) is 2.70. The van der Waals surface area contributed by atoms with E-state index in [0.29, 0.717) is 11.1 Å². The topological polar surface area (TPSA) is 116 Å². The van der Waals surface area contributed by atoms with Crippen molar-refractivity contribution >= 4 is 5.97 Å². The highest BCUT2D eigenvalue weighted by Crippen LogP contribution is 2.42. The van der Waals surface area contributed by atoms with Gasteiger partial charge in [-0.3, -0.25) is 4.79 Å². The van der Waals surface area contributed by atoms with Crippen LogP contribution in [-0.4, -0.2) is 32.5 Å². The van der Waals surface area contributed by atoms with Crippen LogP contribution >= 0.6 is 0 Å². The van der Waals surface area contributed by atoms with Crippen molar-refractivity contribution < 1.29 is 34.7 Å². The van der Waals surface area contributed by atoms with Gasteiger partial charge in [0, 0.05) is 31.0 Å². The summed E-state index contributed by atoms with van der Waals surface area (Å²) in [5.41, 5.74) is 0.863. The van der Waals surface area contributed by atoms with E-state index in [1.807, 2.05) is 0 Å². The number of esters is 1. The predicted molar refractivity (Wildman–Crippen MR) is 82.3 cm³/mol. The largest absolute Gasteiger partial charge is 0.508 e. The molecule has 0 aromatic heterocycles. The summed E-state index contributed by atoms with van der Waals surface area (Å²) in [6.45, 7) is 1.22. The SMILES string of the molecule is CC(=O)Oc1ccc([C@H]2Oc3cc(O)cc(O)c3C[C@@H]2O)cc1O. The molecular formula is C17H16O7. The highest BCUT2D eigenvalue weighted by Gasteiger charge is 2.32. The lowest BCUT2D eigenvalue weighted by molar-refractivity contribution is -0.132. The molecule has 7 nitrogen and oxygen atoms in total. The van der Waals surface area contributed by atoms with Crippen molar-refractivity contribution in [1.82, 2.24) is 0 Å². The minimum atomic E-state index is -0.966. The summed E-state index contributed by atoms with van der Waals surface area (Å²) in [6.07, 6.45) is -1.65. The maximum absolute atomic E-state index is 11.0. The normalized spacial score (nSPS) is 19.2. The average molecular weight is 332 g/mol. The number of rotatable bonds is 2. The zero-order valence-corrected chi connectivity index (χ0v) is 12.8. The van der Waals surface area contributed by atoms with Crippen LogP contribution in [0.25, 0.3) is 0 Å². The number of aliphatic hydroxyl groups is 1. The summed E-state index contributed by atoms with van der Waals surface area (Å²) < 4.78 is 10.5. The molecule has 0 saturated heterocycles. The fraction of sp³-hybridized carbons (Fsp3) is 0.235. The third-order valence-corrected chi connectivity index (χ3v) is 3.75. The molecule has 0 spiro atoms. The Morgan fingerprint density at radius 3 is 2.58 bits per heavy atom. The van der Waals surface area contributed by atoms with Crippen LogP contribution in [0, 0.1) is 0 Å². The molecule has 2 aromatic carbocycles. The number of ether oxygens (including phenoxy) is 2. The second-order valence-corrected chi connectivity index (χ2v) is 5.57. The van der Waals surface area contributed by atoms with Crippen LogP contribution in [0.15, 0.2) is 30.3 Å². The van der Waals surface area contributed by atoms with Gasteiger partial charge in [0.1, 0.15) is 23.4 Å². The molecule has 0 unspecified atom stereocenters. The molecule has 7 heteroatoms. The third-order valence-electron chi connectivity index (χ3n) is 3.75. The molecule has 0 radical (unpaired) electrons. The van der Waals surface area contributed by atoms with Crippen LogP contribution in [0.4, 0.5) is 0 Å². The molecule has 0 saturated carbocycles. The molecule has 0 fully saturated rings. The van der Waals surface area contributed by atoms with Crippen molar-refractivity contribution in [1.29, 1.82) is 0 Å². The van der Waals surface area contributed by atoms with Crippen LogP contribution in [0.1, 0.15) is 24.2 Å². The molecule has 126 valence electrons. The minimum Gasteiger partial charge on any atom is -0.508 e. The summed E-state index contributed by atoms with van der Waals surface area (Å²) in [5.74, 6) is -0.876. The van der Waals surface area contributed by atoms with Gasteiger partial charge in [0.05, 0.1) is 6.10 Å². The van der Waals surface area contributed by atoms with E-state index in [1.165, 1.54) is 31.2 Å². The number of aromatic hydroxyl groups is 3. The van der Waals surface area contributed by atoms with Crippen LogP contribution in [-0.2, 0) is 11.2 Å². The van der Waals surface area contributed by atoms with Crippen molar-refractivity contribution in [2.45, 2.75) is 25.6 Å². The molecule has 1 aliphatic heterocycles. The first kappa shape index (κ1) is 15.9. The Kier molecular flexibility index (Phi) is 3.94. The lowest BCUT2D eigenvalue weighted by Gasteiger charge is -2.31. The molecule has 1 aliphatic rings. The zero-order valence-electron chi connectivity index (χ0n) is 12.8. The number of fused-ring (bicyclic) bond motifs is 1. The molecule has 24 heavy (non-hydrogen) atoms. The third kappa shape index (κ3) is 2.93. The monoisotopic (exact) mass is 332 g/mol. The first-order valence-corrected chi connectivity index (χ1v) is 7.26. The van der Waals surface area contributed by atoms with Gasteiger partial charge in [-0.1, -0.05) is 6.07 Å². The number of carbonyl (C=O) groups excluding carboxylic acids is 1. The van der Waals surface area contributed by atoms with E-state index in [-0.39, 0.29) is 35.2 Å². The van der Waals surface area contributed by atoms with Crippen molar-refractivity contribution in [3.8, 4) is 28.7 Å². The van der Waals surface area contributed by atoms with Crippen molar-refractivity contribution in [2.24, 2.45) is 0 Å². The second kappa shape index (κ2) is 5.93. The van der Waals surface area contributed by atoms with Gasteiger partial charge in [-0.05, 0) is 17.7 Å². The van der Waals surface area contributed by atoms with Crippen LogP contribution in [0.3, 0.4) is 0 Å². The molecule has 4 N–H and O–H groups in total. The average Bonchev–Trinajstić information content (AvgIpc) is 2.49. The second-order valence-electron chi connectivity index (χ2n) is 5.57. The maximum Gasteiger partial charge on any atom is 0.308 e. The fourth-order valence-corrected chi connectivity index (χ4v) is 2.70. The van der Waals surface area contributed by atoms with Gasteiger partial charge in [0.2, 0.25) is 0 Å². The van der Waals surface area contributed by atoms with Gasteiger partial charge in [0.15, 0.2) is 11.5 Å². The van der Waals surface area contributed by atoms with E-state index in [9.17, 15) is 25.2 Å². The van der Waals surface area contributed by atoms with E-state index in [0.717, 1.165) is 0 Å². The molecule has 3 rings (SSSR count). The quantitative estimate of drug-likeness (QED) is 0.489.